The van der Waals surface area contributed by atoms with Crippen molar-refractivity contribution in [3.8, 4) is 0 Å². The monoisotopic (exact) mass is 436 g/mol. The van der Waals surface area contributed by atoms with Crippen molar-refractivity contribution in [3.05, 3.63) is 70.1 Å². The maximum absolute atomic E-state index is 12.9. The zero-order valence-electron chi connectivity index (χ0n) is 17.0. The number of carbonyl (C=O) groups excluding carboxylic acids is 2. The van der Waals surface area contributed by atoms with Gasteiger partial charge in [-0.2, -0.15) is 0 Å². The first-order chi connectivity index (χ1) is 14.6. The fourth-order valence-corrected chi connectivity index (χ4v) is 5.14. The molecular weight excluding hydrogens is 412 g/mol. The summed E-state index contributed by atoms with van der Waals surface area (Å²) in [6.45, 7) is 3.15. The molecule has 1 fully saturated rings. The van der Waals surface area contributed by atoms with Crippen LogP contribution in [0.4, 0.5) is 5.69 Å². The molecule has 1 saturated heterocycles. The van der Waals surface area contributed by atoms with Crippen LogP contribution >= 0.6 is 24.0 Å². The zero-order valence-corrected chi connectivity index (χ0v) is 18.6. The lowest BCUT2D eigenvalue weighted by Gasteiger charge is -2.30. The molecular formula is C24H24N2O2S2. The highest BCUT2D eigenvalue weighted by atomic mass is 32.2. The van der Waals surface area contributed by atoms with E-state index < -0.39 is 0 Å². The first kappa shape index (κ1) is 20.8. The van der Waals surface area contributed by atoms with Crippen LogP contribution in [0.2, 0.25) is 0 Å². The van der Waals surface area contributed by atoms with E-state index in [0.29, 0.717) is 15.8 Å². The van der Waals surface area contributed by atoms with Gasteiger partial charge in [-0.25, -0.2) is 0 Å². The van der Waals surface area contributed by atoms with E-state index in [1.54, 1.807) is 4.90 Å². The Morgan fingerprint density at radius 2 is 1.93 bits per heavy atom. The molecule has 154 valence electrons. The van der Waals surface area contributed by atoms with E-state index in [9.17, 15) is 9.59 Å². The van der Waals surface area contributed by atoms with Crippen molar-refractivity contribution in [2.75, 3.05) is 18.0 Å². The van der Waals surface area contributed by atoms with Gasteiger partial charge in [0, 0.05) is 25.2 Å². The summed E-state index contributed by atoms with van der Waals surface area (Å²) in [6, 6.07) is 16.2. The highest BCUT2D eigenvalue weighted by Crippen LogP contribution is 2.33. The SMILES string of the molecule is CCc1ccc(/C=C2/SC(=S)N(CCC(=O)N3CCCc4ccccc43)C2=O)cc1. The quantitative estimate of drug-likeness (QED) is 0.498. The molecule has 0 radical (unpaired) electrons. The topological polar surface area (TPSA) is 40.6 Å². The third-order valence-corrected chi connectivity index (χ3v) is 6.90. The number of thioether (sulfide) groups is 1. The van der Waals surface area contributed by atoms with Crippen LogP contribution in [0.3, 0.4) is 0 Å². The van der Waals surface area contributed by atoms with Crippen molar-refractivity contribution >= 4 is 51.9 Å². The van der Waals surface area contributed by atoms with Crippen LogP contribution in [0.1, 0.15) is 36.5 Å². The molecule has 0 spiro atoms. The van der Waals surface area contributed by atoms with Gasteiger partial charge in [0.1, 0.15) is 4.32 Å². The predicted octanol–water partition coefficient (Wildman–Crippen LogP) is 4.82. The Balaban J connectivity index is 1.41. The molecule has 0 unspecified atom stereocenters. The van der Waals surface area contributed by atoms with Crippen molar-refractivity contribution in [1.82, 2.24) is 4.90 Å². The molecule has 6 heteroatoms. The maximum atomic E-state index is 12.9. The molecule has 0 atom stereocenters. The minimum Gasteiger partial charge on any atom is -0.312 e. The molecule has 2 aromatic rings. The number of carbonyl (C=O) groups is 2. The summed E-state index contributed by atoms with van der Waals surface area (Å²) in [4.78, 5) is 29.8. The van der Waals surface area contributed by atoms with E-state index >= 15 is 0 Å². The molecule has 2 amide bonds. The Hall–Kier alpha value is -2.44. The Kier molecular flexibility index (Phi) is 6.35. The molecule has 4 nitrogen and oxygen atoms in total. The molecule has 2 aliphatic rings. The molecule has 0 aromatic heterocycles. The standard InChI is InChI=1S/C24H24N2O2S2/c1-2-17-9-11-18(12-10-17)16-21-23(28)26(24(29)30-21)15-13-22(27)25-14-5-7-19-6-3-4-8-20(19)25/h3-4,6,8-12,16H,2,5,7,13-15H2,1H3/b21-16+. The Morgan fingerprint density at radius 3 is 2.70 bits per heavy atom. The molecule has 2 aliphatic heterocycles. The average Bonchev–Trinajstić information content (AvgIpc) is 3.04. The number of anilines is 1. The van der Waals surface area contributed by atoms with Crippen molar-refractivity contribution in [2.45, 2.75) is 32.6 Å². The average molecular weight is 437 g/mol. The normalized spacial score (nSPS) is 17.6. The molecule has 0 N–H and O–H groups in total. The molecule has 0 aliphatic carbocycles. The molecule has 2 heterocycles. The number of benzene rings is 2. The van der Waals surface area contributed by atoms with E-state index in [4.69, 9.17) is 12.2 Å². The molecule has 30 heavy (non-hydrogen) atoms. The van der Waals surface area contributed by atoms with Gasteiger partial charge in [-0.3, -0.25) is 14.5 Å². The summed E-state index contributed by atoms with van der Waals surface area (Å²) >= 11 is 6.73. The smallest absolute Gasteiger partial charge is 0.266 e. The summed E-state index contributed by atoms with van der Waals surface area (Å²) in [7, 11) is 0. The van der Waals surface area contributed by atoms with Crippen LogP contribution < -0.4 is 4.90 Å². The number of amides is 2. The van der Waals surface area contributed by atoms with E-state index in [1.165, 1.54) is 22.9 Å². The summed E-state index contributed by atoms with van der Waals surface area (Å²) < 4.78 is 0.517. The van der Waals surface area contributed by atoms with E-state index in [-0.39, 0.29) is 18.2 Å². The Labute approximate surface area is 186 Å². The number of hydrogen-bond donors (Lipinski definition) is 0. The van der Waals surface area contributed by atoms with Gasteiger partial charge in [0.15, 0.2) is 0 Å². The Morgan fingerprint density at radius 1 is 1.17 bits per heavy atom. The van der Waals surface area contributed by atoms with Crippen molar-refractivity contribution in [3.63, 3.8) is 0 Å². The number of thiocarbonyl (C=S) groups is 1. The van der Waals surface area contributed by atoms with Gasteiger partial charge < -0.3 is 4.90 Å². The largest absolute Gasteiger partial charge is 0.312 e. The van der Waals surface area contributed by atoms with Gasteiger partial charge in [0.2, 0.25) is 5.91 Å². The van der Waals surface area contributed by atoms with Crippen LogP contribution in [0, 0.1) is 0 Å². The van der Waals surface area contributed by atoms with Gasteiger partial charge >= 0.3 is 0 Å². The number of fused-ring (bicyclic) bond motifs is 1. The van der Waals surface area contributed by atoms with Crippen molar-refractivity contribution in [1.29, 1.82) is 0 Å². The number of para-hydroxylation sites is 1. The number of aryl methyl sites for hydroxylation is 2. The number of hydrogen-bond acceptors (Lipinski definition) is 4. The minimum absolute atomic E-state index is 0.0373. The zero-order chi connectivity index (χ0) is 21.1. The Bertz CT molecular complexity index is 1010. The second-order valence-corrected chi connectivity index (χ2v) is 9.13. The summed E-state index contributed by atoms with van der Waals surface area (Å²) in [5, 5.41) is 0. The highest BCUT2D eigenvalue weighted by molar-refractivity contribution is 8.26. The van der Waals surface area contributed by atoms with Crippen LogP contribution in [-0.4, -0.2) is 34.1 Å². The summed E-state index contributed by atoms with van der Waals surface area (Å²) in [5.74, 6) is -0.0771. The molecule has 0 bridgehead atoms. The lowest BCUT2D eigenvalue weighted by atomic mass is 10.0. The molecule has 4 rings (SSSR count). The summed E-state index contributed by atoms with van der Waals surface area (Å²) in [6.07, 6.45) is 5.08. The first-order valence-electron chi connectivity index (χ1n) is 10.3. The van der Waals surface area contributed by atoms with Crippen LogP contribution in [0.5, 0.6) is 0 Å². The fraction of sp³-hybridized carbons (Fsp3) is 0.292. The fourth-order valence-electron chi connectivity index (χ4n) is 3.83. The van der Waals surface area contributed by atoms with Gasteiger partial charge in [-0.15, -0.1) is 0 Å². The van der Waals surface area contributed by atoms with Crippen molar-refractivity contribution in [2.24, 2.45) is 0 Å². The summed E-state index contributed by atoms with van der Waals surface area (Å²) in [5.41, 5.74) is 4.44. The van der Waals surface area contributed by atoms with Gasteiger partial charge in [-0.05, 0) is 48.1 Å². The third-order valence-electron chi connectivity index (χ3n) is 5.52. The predicted molar refractivity (Wildman–Crippen MR) is 127 cm³/mol. The number of nitrogens with zero attached hydrogens (tertiary/aromatic N) is 2. The maximum Gasteiger partial charge on any atom is 0.266 e. The lowest BCUT2D eigenvalue weighted by molar-refractivity contribution is -0.123. The van der Waals surface area contributed by atoms with E-state index in [2.05, 4.69) is 25.1 Å². The van der Waals surface area contributed by atoms with Crippen molar-refractivity contribution < 1.29 is 9.59 Å². The molecule has 2 aromatic carbocycles. The number of rotatable bonds is 5. The van der Waals surface area contributed by atoms with E-state index in [0.717, 1.165) is 37.1 Å². The van der Waals surface area contributed by atoms with Crippen LogP contribution in [0.25, 0.3) is 6.08 Å². The van der Waals surface area contributed by atoms with Crippen LogP contribution in [-0.2, 0) is 22.4 Å². The van der Waals surface area contributed by atoms with Gasteiger partial charge in [0.05, 0.1) is 4.91 Å². The lowest BCUT2D eigenvalue weighted by Crippen LogP contribution is -2.38. The highest BCUT2D eigenvalue weighted by Gasteiger charge is 2.33. The first-order valence-corrected chi connectivity index (χ1v) is 11.5. The molecule has 0 saturated carbocycles. The minimum atomic E-state index is -0.114. The van der Waals surface area contributed by atoms with Crippen LogP contribution in [0.15, 0.2) is 53.4 Å². The van der Waals surface area contributed by atoms with E-state index in [1.807, 2.05) is 41.3 Å². The third kappa shape index (κ3) is 4.35. The second kappa shape index (κ2) is 9.14. The van der Waals surface area contributed by atoms with Gasteiger partial charge in [-0.1, -0.05) is 73.4 Å². The van der Waals surface area contributed by atoms with Gasteiger partial charge in [0.25, 0.3) is 5.91 Å². The second-order valence-electron chi connectivity index (χ2n) is 7.46.